The first-order valence-electron chi connectivity index (χ1n) is 7.65. The molecule has 0 unspecified atom stereocenters. The highest BCUT2D eigenvalue weighted by molar-refractivity contribution is 7.09. The maximum absolute atomic E-state index is 11.0. The number of hydrogen-bond donors (Lipinski definition) is 2. The van der Waals surface area contributed by atoms with Gasteiger partial charge in [0.1, 0.15) is 5.82 Å². The molecule has 0 fully saturated rings. The smallest absolute Gasteiger partial charge is 0.335 e. The lowest BCUT2D eigenvalue weighted by molar-refractivity contribution is 0.0697. The first kappa shape index (κ1) is 15.3. The Labute approximate surface area is 147 Å². The van der Waals surface area contributed by atoms with E-state index < -0.39 is 5.97 Å². The van der Waals surface area contributed by atoms with E-state index in [0.717, 1.165) is 22.7 Å². The normalized spacial score (nSPS) is 10.9. The third kappa shape index (κ3) is 3.09. The highest BCUT2D eigenvalue weighted by Crippen LogP contribution is 2.22. The summed E-state index contributed by atoms with van der Waals surface area (Å²) in [7, 11) is 0. The fourth-order valence-corrected chi connectivity index (χ4v) is 3.18. The highest BCUT2D eigenvalue weighted by Gasteiger charge is 2.09. The molecule has 0 saturated heterocycles. The fraction of sp³-hybridized carbons (Fsp3) is 0.0556. The minimum absolute atomic E-state index is 0.254. The molecule has 0 aliphatic heterocycles. The van der Waals surface area contributed by atoms with E-state index in [-0.39, 0.29) is 5.56 Å². The number of carboxylic acids is 1. The van der Waals surface area contributed by atoms with Crippen LogP contribution in [0.4, 0.5) is 5.82 Å². The van der Waals surface area contributed by atoms with Crippen molar-refractivity contribution in [2.24, 2.45) is 0 Å². The van der Waals surface area contributed by atoms with Crippen LogP contribution in [0.3, 0.4) is 0 Å². The van der Waals surface area contributed by atoms with Crippen LogP contribution in [-0.2, 0) is 6.54 Å². The summed E-state index contributed by atoms with van der Waals surface area (Å²) in [5.74, 6) is -0.190. The average molecular weight is 350 g/mol. The van der Waals surface area contributed by atoms with Gasteiger partial charge in [-0.25, -0.2) is 14.3 Å². The van der Waals surface area contributed by atoms with Crippen LogP contribution in [0.2, 0.25) is 0 Å². The zero-order valence-corrected chi connectivity index (χ0v) is 13.9. The van der Waals surface area contributed by atoms with E-state index >= 15 is 0 Å². The van der Waals surface area contributed by atoms with Gasteiger partial charge in [0.25, 0.3) is 0 Å². The number of nitrogens with one attached hydrogen (secondary N) is 1. The van der Waals surface area contributed by atoms with Gasteiger partial charge < -0.3 is 10.4 Å². The van der Waals surface area contributed by atoms with Gasteiger partial charge >= 0.3 is 5.97 Å². The molecule has 2 N–H and O–H groups in total. The van der Waals surface area contributed by atoms with Gasteiger partial charge in [-0.1, -0.05) is 18.2 Å². The first-order chi connectivity index (χ1) is 12.2. The van der Waals surface area contributed by atoms with Gasteiger partial charge in [0.15, 0.2) is 5.65 Å². The third-order valence-electron chi connectivity index (χ3n) is 3.81. The van der Waals surface area contributed by atoms with Crippen molar-refractivity contribution in [1.29, 1.82) is 0 Å². The molecule has 4 aromatic rings. The Bertz CT molecular complexity index is 1020. The number of imidazole rings is 1. The summed E-state index contributed by atoms with van der Waals surface area (Å²) in [6, 6.07) is 14.6. The van der Waals surface area contributed by atoms with Crippen molar-refractivity contribution in [2.75, 3.05) is 5.32 Å². The van der Waals surface area contributed by atoms with Gasteiger partial charge in [0.05, 0.1) is 24.0 Å². The quantitative estimate of drug-likeness (QED) is 0.573. The Morgan fingerprint density at radius 1 is 1.16 bits per heavy atom. The van der Waals surface area contributed by atoms with E-state index in [2.05, 4.69) is 21.5 Å². The minimum atomic E-state index is -0.942. The third-order valence-corrected chi connectivity index (χ3v) is 4.69. The summed E-state index contributed by atoms with van der Waals surface area (Å²) in [5, 5.41) is 19.0. The monoisotopic (exact) mass is 350 g/mol. The van der Waals surface area contributed by atoms with Gasteiger partial charge in [-0.05, 0) is 35.7 Å². The van der Waals surface area contributed by atoms with Crippen LogP contribution < -0.4 is 5.32 Å². The van der Waals surface area contributed by atoms with E-state index in [1.165, 1.54) is 4.88 Å². The van der Waals surface area contributed by atoms with E-state index in [1.807, 2.05) is 23.6 Å². The Hall–Kier alpha value is -3.19. The largest absolute Gasteiger partial charge is 0.478 e. The van der Waals surface area contributed by atoms with Crippen molar-refractivity contribution < 1.29 is 9.90 Å². The molecule has 0 aliphatic carbocycles. The summed E-state index contributed by atoms with van der Waals surface area (Å²) < 4.78 is 1.76. The molecule has 6 nitrogen and oxygen atoms in total. The van der Waals surface area contributed by atoms with Crippen LogP contribution in [0.5, 0.6) is 0 Å². The van der Waals surface area contributed by atoms with Crippen molar-refractivity contribution >= 4 is 28.8 Å². The SMILES string of the molecule is O=C(O)c1ccc(-c2cnc3ccc(NCc4cccs4)nn23)cc1. The Morgan fingerprint density at radius 3 is 2.72 bits per heavy atom. The lowest BCUT2D eigenvalue weighted by Crippen LogP contribution is -2.03. The summed E-state index contributed by atoms with van der Waals surface area (Å²) in [6.07, 6.45) is 1.74. The second-order valence-electron chi connectivity index (χ2n) is 5.45. The van der Waals surface area contributed by atoms with Crippen molar-refractivity contribution in [3.05, 3.63) is 70.5 Å². The molecular formula is C18H14N4O2S. The standard InChI is InChI=1S/C18H14N4O2S/c23-18(24)13-5-3-12(4-6-13)15-11-20-17-8-7-16(21-22(15)17)19-10-14-2-1-9-25-14/h1-9,11H,10H2,(H,19,21)(H,23,24). The van der Waals surface area contributed by atoms with Gasteiger partial charge in [-0.15, -0.1) is 16.4 Å². The molecule has 7 heteroatoms. The number of anilines is 1. The second-order valence-corrected chi connectivity index (χ2v) is 6.48. The molecule has 0 aliphatic rings. The van der Waals surface area contributed by atoms with Crippen LogP contribution in [-0.4, -0.2) is 25.7 Å². The van der Waals surface area contributed by atoms with Crippen molar-refractivity contribution in [1.82, 2.24) is 14.6 Å². The van der Waals surface area contributed by atoms with Crippen LogP contribution in [0.25, 0.3) is 16.9 Å². The lowest BCUT2D eigenvalue weighted by atomic mass is 10.1. The molecule has 0 amide bonds. The number of benzene rings is 1. The van der Waals surface area contributed by atoms with Gasteiger partial charge in [0.2, 0.25) is 0 Å². The number of carboxylic acid groups (broad SMARTS) is 1. The fourth-order valence-electron chi connectivity index (χ4n) is 2.54. The molecule has 1 aromatic carbocycles. The minimum Gasteiger partial charge on any atom is -0.478 e. The van der Waals surface area contributed by atoms with Crippen LogP contribution in [0, 0.1) is 0 Å². The summed E-state index contributed by atoms with van der Waals surface area (Å²) in [4.78, 5) is 16.6. The average Bonchev–Trinajstić information content (AvgIpc) is 3.29. The van der Waals surface area contributed by atoms with Crippen molar-refractivity contribution in [3.8, 4) is 11.3 Å². The van der Waals surface area contributed by atoms with E-state index in [9.17, 15) is 4.79 Å². The number of carbonyl (C=O) groups is 1. The molecule has 124 valence electrons. The zero-order chi connectivity index (χ0) is 17.2. The highest BCUT2D eigenvalue weighted by atomic mass is 32.1. The first-order valence-corrected chi connectivity index (χ1v) is 8.53. The molecule has 0 radical (unpaired) electrons. The summed E-state index contributed by atoms with van der Waals surface area (Å²) in [6.45, 7) is 0.716. The maximum Gasteiger partial charge on any atom is 0.335 e. The molecule has 3 aromatic heterocycles. The van der Waals surface area contributed by atoms with Gasteiger partial charge in [0, 0.05) is 10.4 Å². The Morgan fingerprint density at radius 2 is 2.00 bits per heavy atom. The molecule has 3 heterocycles. The van der Waals surface area contributed by atoms with Gasteiger partial charge in [-0.3, -0.25) is 0 Å². The molecule has 0 atom stereocenters. The van der Waals surface area contributed by atoms with Crippen molar-refractivity contribution in [3.63, 3.8) is 0 Å². The maximum atomic E-state index is 11.0. The van der Waals surface area contributed by atoms with Crippen LogP contribution in [0.15, 0.2) is 60.1 Å². The number of thiophene rings is 1. The summed E-state index contributed by atoms with van der Waals surface area (Å²) >= 11 is 1.69. The Balaban J connectivity index is 1.65. The predicted molar refractivity (Wildman–Crippen MR) is 97.0 cm³/mol. The van der Waals surface area contributed by atoms with Crippen LogP contribution in [0.1, 0.15) is 15.2 Å². The van der Waals surface area contributed by atoms with E-state index in [4.69, 9.17) is 5.11 Å². The number of fused-ring (bicyclic) bond motifs is 1. The van der Waals surface area contributed by atoms with Crippen molar-refractivity contribution in [2.45, 2.75) is 6.54 Å². The second kappa shape index (κ2) is 6.37. The number of nitrogens with zero attached hydrogens (tertiary/aromatic N) is 3. The topological polar surface area (TPSA) is 79.5 Å². The van der Waals surface area contributed by atoms with Crippen LogP contribution >= 0.6 is 11.3 Å². The molecule has 0 saturated carbocycles. The molecule has 25 heavy (non-hydrogen) atoms. The van der Waals surface area contributed by atoms with Gasteiger partial charge in [-0.2, -0.15) is 0 Å². The number of aromatic nitrogens is 3. The summed E-state index contributed by atoms with van der Waals surface area (Å²) in [5.41, 5.74) is 2.66. The predicted octanol–water partition coefficient (Wildman–Crippen LogP) is 3.77. The lowest BCUT2D eigenvalue weighted by Gasteiger charge is -2.06. The molecule has 4 rings (SSSR count). The number of hydrogen-bond acceptors (Lipinski definition) is 5. The molecule has 0 bridgehead atoms. The molecular weight excluding hydrogens is 336 g/mol. The van der Waals surface area contributed by atoms with E-state index in [1.54, 1.807) is 46.3 Å². The zero-order valence-electron chi connectivity index (χ0n) is 13.1. The van der Waals surface area contributed by atoms with E-state index in [0.29, 0.717) is 6.54 Å². The molecule has 0 spiro atoms. The number of rotatable bonds is 5. The number of aromatic carboxylic acids is 1. The Kier molecular flexibility index (Phi) is 3.91.